The average Bonchev–Trinajstić information content (AvgIpc) is 3.05. The predicted octanol–water partition coefficient (Wildman–Crippen LogP) is 2.33. The van der Waals surface area contributed by atoms with Crippen molar-refractivity contribution in [1.82, 2.24) is 15.1 Å². The Morgan fingerprint density at radius 2 is 2.04 bits per heavy atom. The molecule has 1 atom stereocenters. The highest BCUT2D eigenvalue weighted by atomic mass is 16.3. The Kier molecular flexibility index (Phi) is 6.11. The van der Waals surface area contributed by atoms with E-state index in [0.717, 1.165) is 24.2 Å². The molecule has 0 radical (unpaired) electrons. The van der Waals surface area contributed by atoms with Gasteiger partial charge in [0, 0.05) is 18.8 Å². The van der Waals surface area contributed by atoms with Crippen LogP contribution in [0.1, 0.15) is 36.7 Å². The normalized spacial score (nSPS) is 12.5. The number of hydrogen-bond acceptors (Lipinski definition) is 3. The molecule has 2 rings (SSSR count). The molecule has 1 aromatic carbocycles. The summed E-state index contributed by atoms with van der Waals surface area (Å²) >= 11 is 0. The van der Waals surface area contributed by atoms with Gasteiger partial charge in [0.25, 0.3) is 0 Å². The Morgan fingerprint density at radius 1 is 1.30 bits per heavy atom. The van der Waals surface area contributed by atoms with Crippen LogP contribution in [0.25, 0.3) is 6.08 Å². The molecule has 0 fully saturated rings. The van der Waals surface area contributed by atoms with Gasteiger partial charge >= 0.3 is 0 Å². The highest BCUT2D eigenvalue weighted by Crippen LogP contribution is 2.14. The zero-order chi connectivity index (χ0) is 16.7. The van der Waals surface area contributed by atoms with E-state index in [1.165, 1.54) is 11.6 Å². The molecule has 0 bridgehead atoms. The molecule has 5 heteroatoms. The number of carbonyl (C=O) groups is 1. The molecule has 0 aliphatic carbocycles. The second kappa shape index (κ2) is 8.29. The SMILES string of the molecule is CCc1ccc(C(CO)NC(=O)/C=C/c2ccnn2CC)cc1. The van der Waals surface area contributed by atoms with Gasteiger partial charge in [-0.2, -0.15) is 5.10 Å². The van der Waals surface area contributed by atoms with Gasteiger partial charge in [-0.15, -0.1) is 0 Å². The average molecular weight is 313 g/mol. The first-order valence-corrected chi connectivity index (χ1v) is 7.88. The Labute approximate surface area is 136 Å². The predicted molar refractivity (Wildman–Crippen MR) is 90.7 cm³/mol. The fraction of sp³-hybridized carbons (Fsp3) is 0.333. The minimum Gasteiger partial charge on any atom is -0.394 e. The second-order valence-electron chi connectivity index (χ2n) is 5.24. The molecule has 23 heavy (non-hydrogen) atoms. The summed E-state index contributed by atoms with van der Waals surface area (Å²) in [6, 6.07) is 9.35. The summed E-state index contributed by atoms with van der Waals surface area (Å²) in [7, 11) is 0. The molecule has 1 amide bonds. The van der Waals surface area contributed by atoms with Gasteiger partial charge in [-0.05, 0) is 36.6 Å². The van der Waals surface area contributed by atoms with Gasteiger partial charge < -0.3 is 10.4 Å². The first kappa shape index (κ1) is 17.0. The molecule has 1 unspecified atom stereocenters. The number of aromatic nitrogens is 2. The number of aliphatic hydroxyl groups excluding tert-OH is 1. The smallest absolute Gasteiger partial charge is 0.244 e. The number of amides is 1. The van der Waals surface area contributed by atoms with E-state index in [-0.39, 0.29) is 12.5 Å². The number of nitrogens with one attached hydrogen (secondary N) is 1. The summed E-state index contributed by atoms with van der Waals surface area (Å²) in [6.45, 7) is 4.69. The van der Waals surface area contributed by atoms with Crippen LogP contribution in [0.2, 0.25) is 0 Å². The summed E-state index contributed by atoms with van der Waals surface area (Å²) in [6.07, 6.45) is 5.85. The molecule has 2 N–H and O–H groups in total. The highest BCUT2D eigenvalue weighted by molar-refractivity contribution is 5.91. The molecule has 2 aromatic rings. The van der Waals surface area contributed by atoms with Crippen molar-refractivity contribution in [2.45, 2.75) is 32.9 Å². The molecular formula is C18H23N3O2. The third-order valence-corrected chi connectivity index (χ3v) is 3.74. The fourth-order valence-electron chi connectivity index (χ4n) is 2.35. The van der Waals surface area contributed by atoms with Crippen LogP contribution in [-0.2, 0) is 17.8 Å². The molecule has 0 spiro atoms. The third-order valence-electron chi connectivity index (χ3n) is 3.74. The van der Waals surface area contributed by atoms with Crippen LogP contribution in [-0.4, -0.2) is 27.4 Å². The molecule has 5 nitrogen and oxygen atoms in total. The first-order valence-electron chi connectivity index (χ1n) is 7.88. The van der Waals surface area contributed by atoms with Gasteiger partial charge in [0.05, 0.1) is 18.3 Å². The summed E-state index contributed by atoms with van der Waals surface area (Å²) in [5, 5.41) is 16.5. The summed E-state index contributed by atoms with van der Waals surface area (Å²) in [5.41, 5.74) is 2.99. The fourth-order valence-corrected chi connectivity index (χ4v) is 2.35. The summed E-state index contributed by atoms with van der Waals surface area (Å²) in [5.74, 6) is -0.243. The second-order valence-corrected chi connectivity index (χ2v) is 5.24. The van der Waals surface area contributed by atoms with Crippen molar-refractivity contribution in [3.63, 3.8) is 0 Å². The number of aryl methyl sites for hydroxylation is 2. The van der Waals surface area contributed by atoms with Crippen LogP contribution in [0, 0.1) is 0 Å². The molecule has 1 heterocycles. The van der Waals surface area contributed by atoms with Crippen molar-refractivity contribution in [2.24, 2.45) is 0 Å². The van der Waals surface area contributed by atoms with Crippen LogP contribution < -0.4 is 5.32 Å². The van der Waals surface area contributed by atoms with E-state index in [9.17, 15) is 9.90 Å². The van der Waals surface area contributed by atoms with Crippen molar-refractivity contribution < 1.29 is 9.90 Å². The van der Waals surface area contributed by atoms with E-state index < -0.39 is 6.04 Å². The Balaban J connectivity index is 2.01. The van der Waals surface area contributed by atoms with E-state index in [4.69, 9.17) is 0 Å². The van der Waals surface area contributed by atoms with Crippen molar-refractivity contribution in [3.05, 3.63) is 59.4 Å². The Morgan fingerprint density at radius 3 is 2.65 bits per heavy atom. The van der Waals surface area contributed by atoms with Crippen molar-refractivity contribution in [1.29, 1.82) is 0 Å². The zero-order valence-electron chi connectivity index (χ0n) is 13.6. The third kappa shape index (κ3) is 4.53. The van der Waals surface area contributed by atoms with Gasteiger partial charge in [0.2, 0.25) is 5.91 Å². The number of nitrogens with zero attached hydrogens (tertiary/aromatic N) is 2. The van der Waals surface area contributed by atoms with Crippen LogP contribution in [0.4, 0.5) is 0 Å². The largest absolute Gasteiger partial charge is 0.394 e. The Bertz CT molecular complexity index is 659. The molecule has 0 aliphatic rings. The summed E-state index contributed by atoms with van der Waals surface area (Å²) in [4.78, 5) is 12.1. The topological polar surface area (TPSA) is 67.2 Å². The van der Waals surface area contributed by atoms with Crippen molar-refractivity contribution in [2.75, 3.05) is 6.61 Å². The van der Waals surface area contributed by atoms with Crippen LogP contribution in [0.3, 0.4) is 0 Å². The number of benzene rings is 1. The number of aliphatic hydroxyl groups is 1. The summed E-state index contributed by atoms with van der Waals surface area (Å²) < 4.78 is 1.80. The molecular weight excluding hydrogens is 290 g/mol. The van der Waals surface area contributed by atoms with Crippen LogP contribution >= 0.6 is 0 Å². The maximum Gasteiger partial charge on any atom is 0.244 e. The van der Waals surface area contributed by atoms with E-state index in [1.807, 2.05) is 37.3 Å². The van der Waals surface area contributed by atoms with Gasteiger partial charge in [-0.1, -0.05) is 31.2 Å². The molecule has 0 saturated carbocycles. The molecule has 122 valence electrons. The van der Waals surface area contributed by atoms with Gasteiger partial charge in [0.1, 0.15) is 0 Å². The molecule has 0 saturated heterocycles. The van der Waals surface area contributed by atoms with Gasteiger partial charge in [-0.25, -0.2) is 0 Å². The number of rotatable bonds is 7. The quantitative estimate of drug-likeness (QED) is 0.771. The first-order chi connectivity index (χ1) is 11.2. The zero-order valence-corrected chi connectivity index (χ0v) is 13.6. The van der Waals surface area contributed by atoms with E-state index in [1.54, 1.807) is 17.0 Å². The maximum absolute atomic E-state index is 12.1. The van der Waals surface area contributed by atoms with E-state index >= 15 is 0 Å². The monoisotopic (exact) mass is 313 g/mol. The van der Waals surface area contributed by atoms with Crippen LogP contribution in [0.15, 0.2) is 42.6 Å². The lowest BCUT2D eigenvalue weighted by Gasteiger charge is -2.16. The van der Waals surface area contributed by atoms with E-state index in [2.05, 4.69) is 17.3 Å². The lowest BCUT2D eigenvalue weighted by Crippen LogP contribution is -2.29. The van der Waals surface area contributed by atoms with Gasteiger partial charge in [0.15, 0.2) is 0 Å². The number of carbonyl (C=O) groups excluding carboxylic acids is 1. The maximum atomic E-state index is 12.1. The minimum absolute atomic E-state index is 0.141. The van der Waals surface area contributed by atoms with Crippen LogP contribution in [0.5, 0.6) is 0 Å². The van der Waals surface area contributed by atoms with E-state index in [0.29, 0.717) is 0 Å². The van der Waals surface area contributed by atoms with Gasteiger partial charge in [-0.3, -0.25) is 9.48 Å². The van der Waals surface area contributed by atoms with Crippen molar-refractivity contribution in [3.8, 4) is 0 Å². The Hall–Kier alpha value is -2.40. The number of hydrogen-bond donors (Lipinski definition) is 2. The highest BCUT2D eigenvalue weighted by Gasteiger charge is 2.12. The lowest BCUT2D eigenvalue weighted by molar-refractivity contribution is -0.117. The molecule has 1 aromatic heterocycles. The molecule has 0 aliphatic heterocycles. The lowest BCUT2D eigenvalue weighted by atomic mass is 10.0. The minimum atomic E-state index is -0.408. The standard InChI is InChI=1S/C18H23N3O2/c1-3-14-5-7-15(8-6-14)17(13-22)20-18(23)10-9-16-11-12-19-21(16)4-2/h5-12,17,22H,3-4,13H2,1-2H3,(H,20,23)/b10-9+. The van der Waals surface area contributed by atoms with Crippen molar-refractivity contribution >= 4 is 12.0 Å².